The number of phenols is 1. The molecule has 3 nitrogen and oxygen atoms in total. The predicted molar refractivity (Wildman–Crippen MR) is 66.3 cm³/mol. The molecule has 0 spiro atoms. The van der Waals surface area contributed by atoms with Crippen LogP contribution in [-0.2, 0) is 0 Å². The zero-order valence-electron chi connectivity index (χ0n) is 10.2. The van der Waals surface area contributed by atoms with Gasteiger partial charge >= 0.3 is 0 Å². The van der Waals surface area contributed by atoms with Crippen molar-refractivity contribution in [1.29, 1.82) is 0 Å². The van der Waals surface area contributed by atoms with Gasteiger partial charge in [-0.05, 0) is 32.4 Å². The third-order valence-electron chi connectivity index (χ3n) is 2.60. The number of phenolic OH excluding ortho intramolecular Hbond substituents is 1. The maximum absolute atomic E-state index is 11.2. The van der Waals surface area contributed by atoms with E-state index in [2.05, 4.69) is 18.7 Å². The summed E-state index contributed by atoms with van der Waals surface area (Å²) in [6.07, 6.45) is 1.06. The van der Waals surface area contributed by atoms with Crippen LogP contribution in [0.3, 0.4) is 0 Å². The molecule has 0 radical (unpaired) electrons. The molecule has 0 aliphatic rings. The minimum Gasteiger partial charge on any atom is -0.507 e. The van der Waals surface area contributed by atoms with Crippen LogP contribution in [0.2, 0.25) is 0 Å². The third-order valence-corrected chi connectivity index (χ3v) is 2.60. The molecule has 0 saturated heterocycles. The van der Waals surface area contributed by atoms with Crippen molar-refractivity contribution >= 4 is 11.5 Å². The SMILES string of the molecule is CCCN(CC)c1ccc(C(C)=O)c(O)c1. The largest absolute Gasteiger partial charge is 0.507 e. The lowest BCUT2D eigenvalue weighted by Gasteiger charge is -2.22. The van der Waals surface area contributed by atoms with Crippen molar-refractivity contribution in [2.24, 2.45) is 0 Å². The molecule has 88 valence electrons. The van der Waals surface area contributed by atoms with E-state index in [9.17, 15) is 9.90 Å². The first-order valence-corrected chi connectivity index (χ1v) is 5.69. The van der Waals surface area contributed by atoms with Crippen molar-refractivity contribution < 1.29 is 9.90 Å². The fraction of sp³-hybridized carbons (Fsp3) is 0.462. The molecule has 16 heavy (non-hydrogen) atoms. The van der Waals surface area contributed by atoms with Crippen LogP contribution in [0.4, 0.5) is 5.69 Å². The molecule has 0 amide bonds. The molecule has 0 saturated carbocycles. The Morgan fingerprint density at radius 2 is 2.06 bits per heavy atom. The summed E-state index contributed by atoms with van der Waals surface area (Å²) in [5.41, 5.74) is 1.35. The van der Waals surface area contributed by atoms with Gasteiger partial charge in [0.05, 0.1) is 5.56 Å². The second-order valence-corrected chi connectivity index (χ2v) is 3.84. The van der Waals surface area contributed by atoms with Gasteiger partial charge in [0.2, 0.25) is 0 Å². The van der Waals surface area contributed by atoms with Crippen LogP contribution in [0.1, 0.15) is 37.6 Å². The molecule has 1 aromatic rings. The Balaban J connectivity index is 2.99. The molecule has 0 heterocycles. The first-order valence-electron chi connectivity index (χ1n) is 5.69. The average Bonchev–Trinajstić information content (AvgIpc) is 2.25. The topological polar surface area (TPSA) is 40.5 Å². The second-order valence-electron chi connectivity index (χ2n) is 3.84. The predicted octanol–water partition coefficient (Wildman–Crippen LogP) is 2.83. The van der Waals surface area contributed by atoms with Gasteiger partial charge in [0, 0.05) is 24.8 Å². The van der Waals surface area contributed by atoms with Crippen molar-refractivity contribution in [2.75, 3.05) is 18.0 Å². The molecule has 1 N–H and O–H groups in total. The van der Waals surface area contributed by atoms with E-state index < -0.39 is 0 Å². The van der Waals surface area contributed by atoms with Crippen LogP contribution in [0.5, 0.6) is 5.75 Å². The standard InChI is InChI=1S/C13H19NO2/c1-4-8-14(5-2)11-6-7-12(10(3)15)13(16)9-11/h6-7,9,16H,4-5,8H2,1-3H3. The maximum atomic E-state index is 11.2. The number of hydrogen-bond donors (Lipinski definition) is 1. The number of benzene rings is 1. The molecule has 0 aromatic heterocycles. The summed E-state index contributed by atoms with van der Waals surface area (Å²) in [7, 11) is 0. The van der Waals surface area contributed by atoms with E-state index in [4.69, 9.17) is 0 Å². The Morgan fingerprint density at radius 3 is 2.50 bits per heavy atom. The van der Waals surface area contributed by atoms with Gasteiger partial charge in [-0.3, -0.25) is 4.79 Å². The molecule has 1 rings (SSSR count). The highest BCUT2D eigenvalue weighted by Crippen LogP contribution is 2.25. The van der Waals surface area contributed by atoms with Crippen molar-refractivity contribution in [2.45, 2.75) is 27.2 Å². The molecular formula is C13H19NO2. The number of hydrogen-bond acceptors (Lipinski definition) is 3. The van der Waals surface area contributed by atoms with Crippen LogP contribution in [0, 0.1) is 0 Å². The Bertz CT molecular complexity index is 374. The summed E-state index contributed by atoms with van der Waals surface area (Å²) < 4.78 is 0. The van der Waals surface area contributed by atoms with Gasteiger partial charge in [0.1, 0.15) is 5.75 Å². The molecule has 1 aromatic carbocycles. The fourth-order valence-electron chi connectivity index (χ4n) is 1.75. The zero-order valence-corrected chi connectivity index (χ0v) is 10.2. The van der Waals surface area contributed by atoms with E-state index in [0.29, 0.717) is 5.56 Å². The van der Waals surface area contributed by atoms with Crippen LogP contribution < -0.4 is 4.90 Å². The number of Topliss-reactive ketones (excluding diaryl/α,β-unsaturated/α-hetero) is 1. The Kier molecular flexibility index (Phi) is 4.35. The van der Waals surface area contributed by atoms with Crippen molar-refractivity contribution in [3.8, 4) is 5.75 Å². The maximum Gasteiger partial charge on any atom is 0.163 e. The van der Waals surface area contributed by atoms with E-state index in [0.717, 1.165) is 25.2 Å². The molecule has 0 atom stereocenters. The minimum absolute atomic E-state index is 0.0690. The summed E-state index contributed by atoms with van der Waals surface area (Å²) in [4.78, 5) is 13.3. The molecular weight excluding hydrogens is 202 g/mol. The molecule has 3 heteroatoms. The van der Waals surface area contributed by atoms with Crippen LogP contribution in [-0.4, -0.2) is 24.0 Å². The first-order chi connectivity index (χ1) is 7.60. The summed E-state index contributed by atoms with van der Waals surface area (Å²) in [6.45, 7) is 7.50. The Morgan fingerprint density at radius 1 is 1.38 bits per heavy atom. The van der Waals surface area contributed by atoms with E-state index in [1.807, 2.05) is 6.07 Å². The summed E-state index contributed by atoms with van der Waals surface area (Å²) in [5.74, 6) is -0.0397. The van der Waals surface area contributed by atoms with Crippen LogP contribution in [0.25, 0.3) is 0 Å². The number of rotatable bonds is 5. The quantitative estimate of drug-likeness (QED) is 0.777. The van der Waals surface area contributed by atoms with Crippen molar-refractivity contribution in [3.63, 3.8) is 0 Å². The van der Waals surface area contributed by atoms with Gasteiger partial charge in [-0.15, -0.1) is 0 Å². The number of ketones is 1. The molecule has 0 bridgehead atoms. The number of aromatic hydroxyl groups is 1. The number of carbonyl (C=O) groups is 1. The lowest BCUT2D eigenvalue weighted by atomic mass is 10.1. The molecule has 0 aliphatic carbocycles. The Hall–Kier alpha value is -1.51. The molecule has 0 unspecified atom stereocenters. The monoisotopic (exact) mass is 221 g/mol. The summed E-state index contributed by atoms with van der Waals surface area (Å²) in [6, 6.07) is 5.23. The highest BCUT2D eigenvalue weighted by Gasteiger charge is 2.09. The van der Waals surface area contributed by atoms with Crippen molar-refractivity contribution in [3.05, 3.63) is 23.8 Å². The van der Waals surface area contributed by atoms with Gasteiger partial charge < -0.3 is 10.0 Å². The molecule has 0 fully saturated rings. The lowest BCUT2D eigenvalue weighted by molar-refractivity contribution is 0.101. The minimum atomic E-state index is -0.109. The van der Waals surface area contributed by atoms with E-state index in [1.165, 1.54) is 6.92 Å². The number of anilines is 1. The van der Waals surface area contributed by atoms with Gasteiger partial charge in [-0.25, -0.2) is 0 Å². The van der Waals surface area contributed by atoms with Gasteiger partial charge in [0.25, 0.3) is 0 Å². The molecule has 0 aliphatic heterocycles. The van der Waals surface area contributed by atoms with Gasteiger partial charge in [-0.2, -0.15) is 0 Å². The van der Waals surface area contributed by atoms with Crippen LogP contribution >= 0.6 is 0 Å². The number of carbonyl (C=O) groups excluding carboxylic acids is 1. The lowest BCUT2D eigenvalue weighted by Crippen LogP contribution is -2.23. The first kappa shape index (κ1) is 12.6. The highest BCUT2D eigenvalue weighted by molar-refractivity contribution is 5.97. The second kappa shape index (κ2) is 5.54. The van der Waals surface area contributed by atoms with E-state index in [-0.39, 0.29) is 11.5 Å². The fourth-order valence-corrected chi connectivity index (χ4v) is 1.75. The van der Waals surface area contributed by atoms with Crippen molar-refractivity contribution in [1.82, 2.24) is 0 Å². The summed E-state index contributed by atoms with van der Waals surface area (Å²) >= 11 is 0. The van der Waals surface area contributed by atoms with Gasteiger partial charge in [-0.1, -0.05) is 6.92 Å². The van der Waals surface area contributed by atoms with Gasteiger partial charge in [0.15, 0.2) is 5.78 Å². The van der Waals surface area contributed by atoms with E-state index >= 15 is 0 Å². The smallest absolute Gasteiger partial charge is 0.163 e. The highest BCUT2D eigenvalue weighted by atomic mass is 16.3. The summed E-state index contributed by atoms with van der Waals surface area (Å²) in [5, 5.41) is 9.73. The van der Waals surface area contributed by atoms with Crippen LogP contribution in [0.15, 0.2) is 18.2 Å². The Labute approximate surface area is 96.7 Å². The third kappa shape index (κ3) is 2.75. The van der Waals surface area contributed by atoms with E-state index in [1.54, 1.807) is 12.1 Å². The number of nitrogens with zero attached hydrogens (tertiary/aromatic N) is 1. The zero-order chi connectivity index (χ0) is 12.1. The average molecular weight is 221 g/mol. The normalized spacial score (nSPS) is 10.2.